The van der Waals surface area contributed by atoms with Crippen LogP contribution in [0.1, 0.15) is 48.9 Å². The van der Waals surface area contributed by atoms with E-state index in [2.05, 4.69) is 44.1 Å². The summed E-state index contributed by atoms with van der Waals surface area (Å²) in [5.74, 6) is -4.10. The number of carbonyl (C=O) groups excluding carboxylic acids is 2. The van der Waals surface area contributed by atoms with Gasteiger partial charge in [0.05, 0.1) is 23.6 Å². The van der Waals surface area contributed by atoms with Gasteiger partial charge in [0.1, 0.15) is 11.5 Å². The standard InChI is InChI=1S/C26H30F2N8O3/c1-4-19-26(39-21-12-20(32-22(37)5-2)17(27)11-18(21)28)34-25(23(33-19)24(29)38)31-15-13-30-36(14-15)16-7-9-35(6-3)10-8-16/h5,11-14,16H,2,4,6-10H2,1,3H3,(H2,29,38)(H,31,34)(H,32,37). The zero-order chi connectivity index (χ0) is 28.1. The van der Waals surface area contributed by atoms with Gasteiger partial charge in [0, 0.05) is 31.4 Å². The minimum Gasteiger partial charge on any atom is -0.434 e. The lowest BCUT2D eigenvalue weighted by Crippen LogP contribution is -2.34. The summed E-state index contributed by atoms with van der Waals surface area (Å²) >= 11 is 0. The van der Waals surface area contributed by atoms with E-state index in [1.165, 1.54) is 0 Å². The first-order chi connectivity index (χ1) is 18.7. The number of hydrogen-bond acceptors (Lipinski definition) is 8. The Kier molecular flexibility index (Phi) is 8.49. The lowest BCUT2D eigenvalue weighted by atomic mass is 10.1. The maximum atomic E-state index is 14.6. The molecular formula is C26H30F2N8O3. The maximum Gasteiger partial charge on any atom is 0.271 e. The Labute approximate surface area is 224 Å². The van der Waals surface area contributed by atoms with Gasteiger partial charge < -0.3 is 26.0 Å². The molecule has 1 aliphatic rings. The number of nitrogens with two attached hydrogens (primary N) is 1. The first kappa shape index (κ1) is 27.6. The van der Waals surface area contributed by atoms with Gasteiger partial charge in [-0.1, -0.05) is 20.4 Å². The number of rotatable bonds is 10. The second-order valence-electron chi connectivity index (χ2n) is 8.95. The Morgan fingerprint density at radius 2 is 1.95 bits per heavy atom. The molecule has 1 aromatic carbocycles. The molecule has 2 aromatic heterocycles. The van der Waals surface area contributed by atoms with Gasteiger partial charge in [0.15, 0.2) is 23.1 Å². The first-order valence-electron chi connectivity index (χ1n) is 12.6. The fourth-order valence-electron chi connectivity index (χ4n) is 4.26. The van der Waals surface area contributed by atoms with Crippen LogP contribution in [-0.2, 0) is 11.2 Å². The molecule has 0 unspecified atom stereocenters. The molecule has 0 aliphatic carbocycles. The molecule has 4 rings (SSSR count). The molecule has 1 aliphatic heterocycles. The highest BCUT2D eigenvalue weighted by atomic mass is 19.1. The zero-order valence-corrected chi connectivity index (χ0v) is 21.7. The number of carbonyl (C=O) groups is 2. The van der Waals surface area contributed by atoms with Crippen LogP contribution in [0, 0.1) is 11.6 Å². The summed E-state index contributed by atoms with van der Waals surface area (Å²) < 4.78 is 36.3. The van der Waals surface area contributed by atoms with Crippen LogP contribution in [0.3, 0.4) is 0 Å². The van der Waals surface area contributed by atoms with Gasteiger partial charge in [-0.2, -0.15) is 10.1 Å². The summed E-state index contributed by atoms with van der Waals surface area (Å²) in [7, 11) is 0. The average Bonchev–Trinajstić information content (AvgIpc) is 3.39. The third-order valence-corrected chi connectivity index (χ3v) is 6.41. The minimum atomic E-state index is -1.03. The van der Waals surface area contributed by atoms with Crippen molar-refractivity contribution in [2.24, 2.45) is 5.73 Å². The highest BCUT2D eigenvalue weighted by Gasteiger charge is 2.23. The van der Waals surface area contributed by atoms with Crippen LogP contribution in [0.2, 0.25) is 0 Å². The van der Waals surface area contributed by atoms with Crippen molar-refractivity contribution in [1.82, 2.24) is 24.6 Å². The van der Waals surface area contributed by atoms with E-state index in [0.29, 0.717) is 11.8 Å². The quantitative estimate of drug-likeness (QED) is 0.329. The SMILES string of the molecule is C=CC(=O)Nc1cc(Oc2nc(Nc3cnn(C4CCN(CC)CC4)c3)c(C(N)=O)nc2CC)c(F)cc1F. The van der Waals surface area contributed by atoms with Crippen molar-refractivity contribution >= 4 is 29.0 Å². The van der Waals surface area contributed by atoms with Crippen LogP contribution in [0.15, 0.2) is 37.2 Å². The van der Waals surface area contributed by atoms with E-state index in [9.17, 15) is 18.4 Å². The lowest BCUT2D eigenvalue weighted by Gasteiger charge is -2.31. The topological polar surface area (TPSA) is 140 Å². The number of benzene rings is 1. The molecule has 3 heterocycles. The fraction of sp³-hybridized carbons (Fsp3) is 0.346. The van der Waals surface area contributed by atoms with E-state index in [1.54, 1.807) is 19.3 Å². The smallest absolute Gasteiger partial charge is 0.271 e. The number of aromatic nitrogens is 4. The number of halogens is 2. The van der Waals surface area contributed by atoms with Crippen molar-refractivity contribution in [3.05, 3.63) is 60.2 Å². The Bertz CT molecular complexity index is 1390. The molecule has 4 N–H and O–H groups in total. The summed E-state index contributed by atoms with van der Waals surface area (Å²) in [4.78, 5) is 34.9. The first-order valence-corrected chi connectivity index (χ1v) is 12.6. The second kappa shape index (κ2) is 12.0. The van der Waals surface area contributed by atoms with Crippen LogP contribution >= 0.6 is 0 Å². The molecule has 0 saturated carbocycles. The molecule has 11 nitrogen and oxygen atoms in total. The molecule has 0 spiro atoms. The average molecular weight is 541 g/mol. The van der Waals surface area contributed by atoms with Crippen LogP contribution in [0.25, 0.3) is 0 Å². The van der Waals surface area contributed by atoms with Crippen LogP contribution in [0.5, 0.6) is 11.6 Å². The zero-order valence-electron chi connectivity index (χ0n) is 21.7. The van der Waals surface area contributed by atoms with Crippen molar-refractivity contribution in [2.75, 3.05) is 30.3 Å². The number of hydrogen-bond donors (Lipinski definition) is 3. The van der Waals surface area contributed by atoms with Crippen molar-refractivity contribution in [2.45, 2.75) is 39.2 Å². The number of nitrogens with one attached hydrogen (secondary N) is 2. The fourth-order valence-corrected chi connectivity index (χ4v) is 4.26. The number of piperidine rings is 1. The van der Waals surface area contributed by atoms with Crippen molar-refractivity contribution in [3.8, 4) is 11.6 Å². The molecule has 206 valence electrons. The van der Waals surface area contributed by atoms with Crippen molar-refractivity contribution in [1.29, 1.82) is 0 Å². The largest absolute Gasteiger partial charge is 0.434 e. The summed E-state index contributed by atoms with van der Waals surface area (Å²) in [5.41, 5.74) is 5.87. The van der Waals surface area contributed by atoms with Gasteiger partial charge in [-0.25, -0.2) is 13.8 Å². The number of anilines is 3. The molecule has 0 bridgehead atoms. The predicted molar refractivity (Wildman–Crippen MR) is 141 cm³/mol. The third-order valence-electron chi connectivity index (χ3n) is 6.41. The number of nitrogens with zero attached hydrogens (tertiary/aromatic N) is 5. The number of likely N-dealkylation sites (tertiary alicyclic amines) is 1. The molecule has 3 aromatic rings. The molecule has 2 amide bonds. The van der Waals surface area contributed by atoms with Gasteiger partial charge in [-0.3, -0.25) is 14.3 Å². The predicted octanol–water partition coefficient (Wildman–Crippen LogP) is 3.93. The van der Waals surface area contributed by atoms with Gasteiger partial charge >= 0.3 is 0 Å². The van der Waals surface area contributed by atoms with Crippen LogP contribution in [0.4, 0.5) is 26.0 Å². The molecular weight excluding hydrogens is 510 g/mol. The Hall–Kier alpha value is -4.39. The highest BCUT2D eigenvalue weighted by Crippen LogP contribution is 2.32. The van der Waals surface area contributed by atoms with Crippen molar-refractivity contribution < 1.29 is 23.1 Å². The summed E-state index contributed by atoms with van der Waals surface area (Å²) in [6.07, 6.45) is 6.54. The van der Waals surface area contributed by atoms with E-state index in [0.717, 1.165) is 44.6 Å². The molecule has 1 saturated heterocycles. The van der Waals surface area contributed by atoms with Gasteiger partial charge in [-0.05, 0) is 31.9 Å². The Morgan fingerprint density at radius 1 is 1.21 bits per heavy atom. The molecule has 39 heavy (non-hydrogen) atoms. The van der Waals surface area contributed by atoms with Crippen molar-refractivity contribution in [3.63, 3.8) is 0 Å². The summed E-state index contributed by atoms with van der Waals surface area (Å²) in [5, 5.41) is 9.71. The Balaban J connectivity index is 1.63. The van der Waals surface area contributed by atoms with E-state index in [4.69, 9.17) is 10.5 Å². The van der Waals surface area contributed by atoms with E-state index < -0.39 is 29.2 Å². The number of primary amides is 1. The van der Waals surface area contributed by atoms with Crippen LogP contribution in [-0.4, -0.2) is 56.1 Å². The van der Waals surface area contributed by atoms with E-state index in [-0.39, 0.29) is 41.2 Å². The number of aryl methyl sites for hydroxylation is 1. The number of ether oxygens (including phenoxy) is 1. The molecule has 0 radical (unpaired) electrons. The normalized spacial score (nSPS) is 14.2. The molecule has 0 atom stereocenters. The highest BCUT2D eigenvalue weighted by molar-refractivity contribution is 5.99. The lowest BCUT2D eigenvalue weighted by molar-refractivity contribution is -0.111. The summed E-state index contributed by atoms with van der Waals surface area (Å²) in [6.45, 7) is 10.2. The van der Waals surface area contributed by atoms with E-state index >= 15 is 0 Å². The summed E-state index contributed by atoms with van der Waals surface area (Å²) in [6, 6.07) is 1.79. The molecule has 13 heteroatoms. The Morgan fingerprint density at radius 3 is 2.59 bits per heavy atom. The maximum absolute atomic E-state index is 14.6. The third kappa shape index (κ3) is 6.37. The molecule has 1 fully saturated rings. The van der Waals surface area contributed by atoms with Crippen LogP contribution < -0.4 is 21.1 Å². The minimum absolute atomic E-state index is 0.0160. The van der Waals surface area contributed by atoms with E-state index in [1.807, 2.05) is 4.68 Å². The monoisotopic (exact) mass is 540 g/mol. The second-order valence-corrected chi connectivity index (χ2v) is 8.95. The number of amides is 2. The van der Waals surface area contributed by atoms with Gasteiger partial charge in [0.25, 0.3) is 5.91 Å². The van der Waals surface area contributed by atoms with Gasteiger partial charge in [-0.15, -0.1) is 0 Å². The van der Waals surface area contributed by atoms with Gasteiger partial charge in [0.2, 0.25) is 11.8 Å².